The summed E-state index contributed by atoms with van der Waals surface area (Å²) < 4.78 is 11.8. The summed E-state index contributed by atoms with van der Waals surface area (Å²) in [5.74, 6) is 0.841. The molecule has 1 aliphatic rings. The van der Waals surface area contributed by atoms with Crippen LogP contribution in [0.3, 0.4) is 0 Å². The third kappa shape index (κ3) is 2.94. The SMILES string of the molecule is COc1ccc(-c2[nH]nc3c2[C@@H](c2ccc(Br)cc2)C(C#N)=C(N)O3)cc1. The number of ether oxygens (including phenoxy) is 2. The molecule has 0 fully saturated rings. The number of benzene rings is 2. The van der Waals surface area contributed by atoms with Gasteiger partial charge >= 0.3 is 0 Å². The highest BCUT2D eigenvalue weighted by molar-refractivity contribution is 9.10. The van der Waals surface area contributed by atoms with Crippen molar-refractivity contribution in [1.29, 1.82) is 5.26 Å². The molecule has 0 aliphatic carbocycles. The fourth-order valence-corrected chi connectivity index (χ4v) is 3.48. The van der Waals surface area contributed by atoms with Crippen LogP contribution in [0.1, 0.15) is 17.0 Å². The number of allylic oxidation sites excluding steroid dienone is 1. The Kier molecular flexibility index (Phi) is 4.34. The van der Waals surface area contributed by atoms with Crippen LogP contribution < -0.4 is 15.2 Å². The molecule has 1 aromatic heterocycles. The smallest absolute Gasteiger partial charge is 0.244 e. The van der Waals surface area contributed by atoms with Gasteiger partial charge in [0.15, 0.2) is 0 Å². The van der Waals surface area contributed by atoms with E-state index in [9.17, 15) is 5.26 Å². The van der Waals surface area contributed by atoms with E-state index >= 15 is 0 Å². The molecule has 27 heavy (non-hydrogen) atoms. The molecule has 0 radical (unpaired) electrons. The third-order valence-corrected chi connectivity index (χ3v) is 5.05. The molecule has 134 valence electrons. The average molecular weight is 423 g/mol. The predicted molar refractivity (Wildman–Crippen MR) is 104 cm³/mol. The Labute approximate surface area is 164 Å². The molecule has 3 aromatic rings. The van der Waals surface area contributed by atoms with Crippen molar-refractivity contribution in [1.82, 2.24) is 10.2 Å². The number of methoxy groups -OCH3 is 1. The Morgan fingerprint density at radius 2 is 1.89 bits per heavy atom. The molecule has 2 heterocycles. The van der Waals surface area contributed by atoms with Gasteiger partial charge < -0.3 is 15.2 Å². The van der Waals surface area contributed by atoms with E-state index in [1.54, 1.807) is 7.11 Å². The van der Waals surface area contributed by atoms with Gasteiger partial charge in [-0.1, -0.05) is 28.1 Å². The standard InChI is InChI=1S/C20H15BrN4O2/c1-26-14-8-4-12(5-9-14)18-17-16(11-2-6-13(21)7-3-11)15(10-22)19(23)27-20(17)25-24-18/h2-9,16H,23H2,1H3,(H,24,25)/t16-/m0/s1. The van der Waals surface area contributed by atoms with Crippen LogP contribution in [0.15, 0.2) is 64.5 Å². The highest BCUT2D eigenvalue weighted by Gasteiger charge is 2.35. The predicted octanol–water partition coefficient (Wildman–Crippen LogP) is 4.07. The molecule has 7 heteroatoms. The second kappa shape index (κ2) is 6.82. The van der Waals surface area contributed by atoms with Crippen LogP contribution in [0.2, 0.25) is 0 Å². The van der Waals surface area contributed by atoms with Crippen LogP contribution >= 0.6 is 15.9 Å². The maximum atomic E-state index is 9.72. The highest BCUT2D eigenvalue weighted by atomic mass is 79.9. The molecule has 1 aliphatic heterocycles. The number of rotatable bonds is 3. The van der Waals surface area contributed by atoms with Crippen LogP contribution in [0.25, 0.3) is 11.3 Å². The van der Waals surface area contributed by atoms with E-state index in [1.807, 2.05) is 48.5 Å². The van der Waals surface area contributed by atoms with Crippen molar-refractivity contribution >= 4 is 15.9 Å². The number of nitriles is 1. The molecule has 0 unspecified atom stereocenters. The van der Waals surface area contributed by atoms with Crippen LogP contribution in [0, 0.1) is 11.3 Å². The molecular weight excluding hydrogens is 408 g/mol. The van der Waals surface area contributed by atoms with Gasteiger partial charge in [-0.3, -0.25) is 5.10 Å². The van der Waals surface area contributed by atoms with Gasteiger partial charge in [0.2, 0.25) is 11.8 Å². The summed E-state index contributed by atoms with van der Waals surface area (Å²) in [5.41, 5.74) is 9.77. The van der Waals surface area contributed by atoms with Crippen molar-refractivity contribution in [3.05, 3.63) is 75.6 Å². The number of nitrogens with two attached hydrogens (primary N) is 1. The Bertz CT molecular complexity index is 1060. The Morgan fingerprint density at radius 3 is 2.52 bits per heavy atom. The molecule has 0 amide bonds. The van der Waals surface area contributed by atoms with Crippen molar-refractivity contribution < 1.29 is 9.47 Å². The molecule has 0 spiro atoms. The molecule has 6 nitrogen and oxygen atoms in total. The fraction of sp³-hybridized carbons (Fsp3) is 0.100. The number of hydrogen-bond acceptors (Lipinski definition) is 5. The van der Waals surface area contributed by atoms with Crippen molar-refractivity contribution in [3.63, 3.8) is 0 Å². The Hall–Kier alpha value is -3.24. The fourth-order valence-electron chi connectivity index (χ4n) is 3.21. The van der Waals surface area contributed by atoms with Gasteiger partial charge in [0, 0.05) is 10.0 Å². The normalized spacial score (nSPS) is 15.7. The zero-order valence-corrected chi connectivity index (χ0v) is 15.9. The first kappa shape index (κ1) is 17.2. The van der Waals surface area contributed by atoms with Crippen molar-refractivity contribution in [2.24, 2.45) is 5.73 Å². The summed E-state index contributed by atoms with van der Waals surface area (Å²) in [7, 11) is 1.62. The lowest BCUT2D eigenvalue weighted by Gasteiger charge is -2.24. The van der Waals surface area contributed by atoms with Crippen LogP contribution in [-0.2, 0) is 0 Å². The second-order valence-electron chi connectivity index (χ2n) is 6.02. The molecule has 0 bridgehead atoms. The summed E-state index contributed by atoms with van der Waals surface area (Å²) in [6.07, 6.45) is 0. The van der Waals surface area contributed by atoms with E-state index in [4.69, 9.17) is 15.2 Å². The molecule has 1 atom stereocenters. The lowest BCUT2D eigenvalue weighted by molar-refractivity contribution is 0.379. The second-order valence-corrected chi connectivity index (χ2v) is 6.94. The first-order valence-corrected chi connectivity index (χ1v) is 8.97. The van der Waals surface area contributed by atoms with Gasteiger partial charge in [-0.05, 0) is 42.0 Å². The minimum Gasteiger partial charge on any atom is -0.497 e. The van der Waals surface area contributed by atoms with Crippen LogP contribution in [0.5, 0.6) is 11.6 Å². The molecule has 0 saturated heterocycles. The first-order chi connectivity index (χ1) is 13.1. The van der Waals surface area contributed by atoms with Gasteiger partial charge in [0.05, 0.1) is 24.3 Å². The molecule has 4 rings (SSSR count). The molecular formula is C20H15BrN4O2. The van der Waals surface area contributed by atoms with E-state index < -0.39 is 0 Å². The highest BCUT2D eigenvalue weighted by Crippen LogP contribution is 2.45. The minimum absolute atomic E-state index is 0.0747. The molecule has 2 aromatic carbocycles. The Balaban J connectivity index is 1.90. The summed E-state index contributed by atoms with van der Waals surface area (Å²) in [6, 6.07) is 17.6. The monoisotopic (exact) mass is 422 g/mol. The number of H-pyrrole nitrogens is 1. The maximum absolute atomic E-state index is 9.72. The van der Waals surface area contributed by atoms with E-state index in [-0.39, 0.29) is 11.8 Å². The minimum atomic E-state index is -0.372. The molecule has 3 N–H and O–H groups in total. The Morgan fingerprint density at radius 1 is 1.19 bits per heavy atom. The maximum Gasteiger partial charge on any atom is 0.244 e. The summed E-state index contributed by atoms with van der Waals surface area (Å²) >= 11 is 3.45. The summed E-state index contributed by atoms with van der Waals surface area (Å²) in [4.78, 5) is 0. The van der Waals surface area contributed by atoms with Crippen LogP contribution in [0.4, 0.5) is 0 Å². The van der Waals surface area contributed by atoms with Crippen molar-refractivity contribution in [3.8, 4) is 29.0 Å². The summed E-state index contributed by atoms with van der Waals surface area (Å²) in [6.45, 7) is 0. The van der Waals surface area contributed by atoms with E-state index in [1.165, 1.54) is 0 Å². The third-order valence-electron chi connectivity index (χ3n) is 4.52. The number of nitrogens with zero attached hydrogens (tertiary/aromatic N) is 2. The van der Waals surface area contributed by atoms with Gasteiger partial charge in [-0.15, -0.1) is 5.10 Å². The van der Waals surface area contributed by atoms with Gasteiger partial charge in [-0.25, -0.2) is 0 Å². The average Bonchev–Trinajstić information content (AvgIpc) is 3.11. The van der Waals surface area contributed by atoms with E-state index in [0.29, 0.717) is 11.5 Å². The van der Waals surface area contributed by atoms with Crippen molar-refractivity contribution in [2.75, 3.05) is 7.11 Å². The quantitative estimate of drug-likeness (QED) is 0.662. The number of aromatic amines is 1. The number of hydrogen-bond donors (Lipinski definition) is 2. The van der Waals surface area contributed by atoms with Gasteiger partial charge in [0.1, 0.15) is 17.4 Å². The lowest BCUT2D eigenvalue weighted by atomic mass is 9.83. The van der Waals surface area contributed by atoms with E-state index in [2.05, 4.69) is 32.2 Å². The lowest BCUT2D eigenvalue weighted by Crippen LogP contribution is -2.20. The zero-order valence-electron chi connectivity index (χ0n) is 14.4. The van der Waals surface area contributed by atoms with Gasteiger partial charge in [-0.2, -0.15) is 5.26 Å². The number of halogens is 1. The van der Waals surface area contributed by atoms with Crippen molar-refractivity contribution in [2.45, 2.75) is 5.92 Å². The largest absolute Gasteiger partial charge is 0.497 e. The number of aromatic nitrogens is 2. The van der Waals surface area contributed by atoms with E-state index in [0.717, 1.165) is 32.6 Å². The number of fused-ring (bicyclic) bond motifs is 1. The number of nitrogens with one attached hydrogen (secondary N) is 1. The summed E-state index contributed by atoms with van der Waals surface area (Å²) in [5, 5.41) is 17.0. The van der Waals surface area contributed by atoms with Gasteiger partial charge in [0.25, 0.3) is 0 Å². The van der Waals surface area contributed by atoms with Crippen LogP contribution in [-0.4, -0.2) is 17.3 Å². The zero-order chi connectivity index (χ0) is 19.0. The first-order valence-electron chi connectivity index (χ1n) is 8.18. The topological polar surface area (TPSA) is 97.0 Å². The molecule has 0 saturated carbocycles.